The molecule has 1 atom stereocenters. The van der Waals surface area contributed by atoms with Crippen molar-refractivity contribution in [3.63, 3.8) is 0 Å². The summed E-state index contributed by atoms with van der Waals surface area (Å²) in [4.78, 5) is 10.6. The number of hydrogen-bond donors (Lipinski definition) is 0. The number of nitrogens with zero attached hydrogens (tertiary/aromatic N) is 2. The van der Waals surface area contributed by atoms with E-state index in [4.69, 9.17) is 4.43 Å². The minimum Gasteiger partial charge on any atom is -0.401 e. The number of rotatable bonds is 4. The first kappa shape index (κ1) is 15.8. The molecule has 21 heavy (non-hydrogen) atoms. The van der Waals surface area contributed by atoms with Crippen LogP contribution in [-0.4, -0.2) is 29.0 Å². The quantitative estimate of drug-likeness (QED) is 0.494. The molecule has 110 valence electrons. The summed E-state index contributed by atoms with van der Waals surface area (Å²) in [7, 11) is -1.78. The molecule has 2 aromatic rings. The number of aromatic nitrogens is 2. The molecule has 0 aliphatic carbocycles. The predicted octanol–water partition coefficient (Wildman–Crippen LogP) is 3.05. The Morgan fingerprint density at radius 2 is 2.05 bits per heavy atom. The van der Waals surface area contributed by atoms with Gasteiger partial charge in [-0.05, 0) is 50.2 Å². The maximum Gasteiger partial charge on any atom is 0.192 e. The molecule has 4 nitrogen and oxygen atoms in total. The minimum atomic E-state index is -1.78. The van der Waals surface area contributed by atoms with Crippen LogP contribution in [0.5, 0.6) is 0 Å². The lowest BCUT2D eigenvalue weighted by molar-refractivity contribution is -0.103. The molecule has 0 radical (unpaired) electrons. The Labute approximate surface area is 130 Å². The fraction of sp³-hybridized carbons (Fsp3) is 0.400. The third kappa shape index (κ3) is 4.46. The van der Waals surface area contributed by atoms with E-state index in [0.29, 0.717) is 12.7 Å². The summed E-state index contributed by atoms with van der Waals surface area (Å²) < 4.78 is 14.6. The van der Waals surface area contributed by atoms with Crippen molar-refractivity contribution in [3.8, 4) is 11.8 Å². The summed E-state index contributed by atoms with van der Waals surface area (Å²) in [5.41, 5.74) is 2.20. The summed E-state index contributed by atoms with van der Waals surface area (Å²) in [6.45, 7) is 8.27. The Bertz CT molecular complexity index is 712. The molecular formula is C15H18N2O2SSi. The number of carbonyl (C=O) groups excluding carboxylic acids is 1. The fourth-order valence-corrected chi connectivity index (χ4v) is 4.28. The van der Waals surface area contributed by atoms with Crippen molar-refractivity contribution >= 4 is 37.4 Å². The van der Waals surface area contributed by atoms with Crippen molar-refractivity contribution in [1.29, 1.82) is 0 Å². The van der Waals surface area contributed by atoms with Crippen LogP contribution in [0.15, 0.2) is 18.2 Å². The highest BCUT2D eigenvalue weighted by molar-refractivity contribution is 7.00. The van der Waals surface area contributed by atoms with Crippen LogP contribution in [0.2, 0.25) is 19.6 Å². The molecule has 0 fully saturated rings. The summed E-state index contributed by atoms with van der Waals surface area (Å²) in [6, 6.07) is 5.97. The number of benzene rings is 1. The SMILES string of the molecule is CC(C#CC=O)(Cc1ccc2nsnc2c1)O[Si](C)(C)C. The van der Waals surface area contributed by atoms with Gasteiger partial charge in [0.1, 0.15) is 16.6 Å². The molecule has 1 aromatic carbocycles. The maximum absolute atomic E-state index is 10.6. The molecule has 0 spiro atoms. The van der Waals surface area contributed by atoms with E-state index in [1.54, 1.807) is 0 Å². The largest absolute Gasteiger partial charge is 0.401 e. The normalized spacial score (nSPS) is 14.3. The third-order valence-electron chi connectivity index (χ3n) is 2.79. The molecular weight excluding hydrogens is 300 g/mol. The highest BCUT2D eigenvalue weighted by atomic mass is 32.1. The van der Waals surface area contributed by atoms with Gasteiger partial charge in [0.2, 0.25) is 0 Å². The molecule has 2 rings (SSSR count). The second kappa shape index (κ2) is 6.06. The van der Waals surface area contributed by atoms with Gasteiger partial charge >= 0.3 is 0 Å². The Morgan fingerprint density at radius 3 is 2.71 bits per heavy atom. The van der Waals surface area contributed by atoms with Crippen LogP contribution in [-0.2, 0) is 15.6 Å². The molecule has 6 heteroatoms. The van der Waals surface area contributed by atoms with Gasteiger partial charge in [-0.15, -0.1) is 0 Å². The average molecular weight is 318 g/mol. The maximum atomic E-state index is 10.6. The molecule has 0 aliphatic heterocycles. The molecule has 0 saturated carbocycles. The molecule has 1 aromatic heterocycles. The van der Waals surface area contributed by atoms with Crippen molar-refractivity contribution in [2.45, 2.75) is 38.6 Å². The lowest BCUT2D eigenvalue weighted by atomic mass is 9.97. The zero-order chi connectivity index (χ0) is 15.5. The second-order valence-electron chi connectivity index (χ2n) is 6.10. The van der Waals surface area contributed by atoms with Gasteiger partial charge in [-0.3, -0.25) is 4.79 Å². The topological polar surface area (TPSA) is 52.1 Å². The molecule has 0 saturated heterocycles. The third-order valence-corrected chi connectivity index (χ3v) is 4.41. The average Bonchev–Trinajstić information content (AvgIpc) is 2.81. The lowest BCUT2D eigenvalue weighted by Crippen LogP contribution is -2.41. The van der Waals surface area contributed by atoms with Gasteiger partial charge in [-0.1, -0.05) is 12.0 Å². The minimum absolute atomic E-state index is 0.610. The molecule has 0 bridgehead atoms. The van der Waals surface area contributed by atoms with E-state index >= 15 is 0 Å². The predicted molar refractivity (Wildman–Crippen MR) is 87.8 cm³/mol. The van der Waals surface area contributed by atoms with E-state index in [0.717, 1.165) is 16.6 Å². The van der Waals surface area contributed by atoms with Gasteiger partial charge in [0.15, 0.2) is 14.6 Å². The van der Waals surface area contributed by atoms with Crippen molar-refractivity contribution in [3.05, 3.63) is 23.8 Å². The number of fused-ring (bicyclic) bond motifs is 1. The molecule has 0 N–H and O–H groups in total. The van der Waals surface area contributed by atoms with Crippen LogP contribution in [0.3, 0.4) is 0 Å². The van der Waals surface area contributed by atoms with E-state index in [-0.39, 0.29) is 0 Å². The van der Waals surface area contributed by atoms with Gasteiger partial charge in [0.25, 0.3) is 0 Å². The smallest absolute Gasteiger partial charge is 0.192 e. The van der Waals surface area contributed by atoms with E-state index in [1.807, 2.05) is 25.1 Å². The fourth-order valence-electron chi connectivity index (χ4n) is 2.29. The highest BCUT2D eigenvalue weighted by Gasteiger charge is 2.30. The summed E-state index contributed by atoms with van der Waals surface area (Å²) in [5.74, 6) is 5.46. The van der Waals surface area contributed by atoms with Crippen molar-refractivity contribution < 1.29 is 9.22 Å². The van der Waals surface area contributed by atoms with Crippen molar-refractivity contribution in [2.24, 2.45) is 0 Å². The first-order valence-electron chi connectivity index (χ1n) is 6.69. The second-order valence-corrected chi connectivity index (χ2v) is 11.1. The van der Waals surface area contributed by atoms with E-state index < -0.39 is 13.9 Å². The van der Waals surface area contributed by atoms with Crippen molar-refractivity contribution in [2.75, 3.05) is 0 Å². The summed E-state index contributed by atoms with van der Waals surface area (Å²) in [5, 5.41) is 0. The standard InChI is InChI=1S/C15H18N2O2SSi/c1-15(8-5-9-18,19-21(2,3)4)11-12-6-7-13-14(10-12)17-20-16-13/h6-7,9-10H,11H2,1-4H3. The highest BCUT2D eigenvalue weighted by Crippen LogP contribution is 2.24. The number of carbonyl (C=O) groups is 1. The van der Waals surface area contributed by atoms with E-state index in [9.17, 15) is 4.79 Å². The Kier molecular flexibility index (Phi) is 4.57. The summed E-state index contributed by atoms with van der Waals surface area (Å²) >= 11 is 1.20. The molecule has 1 unspecified atom stereocenters. The monoisotopic (exact) mass is 318 g/mol. The van der Waals surface area contributed by atoms with Gasteiger partial charge in [-0.2, -0.15) is 8.75 Å². The van der Waals surface area contributed by atoms with Crippen LogP contribution >= 0.6 is 11.7 Å². The van der Waals surface area contributed by atoms with Crippen LogP contribution < -0.4 is 0 Å². The van der Waals surface area contributed by atoms with Crippen LogP contribution in [0.4, 0.5) is 0 Å². The van der Waals surface area contributed by atoms with E-state index in [1.165, 1.54) is 11.7 Å². The van der Waals surface area contributed by atoms with Gasteiger partial charge in [-0.25, -0.2) is 0 Å². The van der Waals surface area contributed by atoms with Crippen LogP contribution in [0, 0.1) is 11.8 Å². The van der Waals surface area contributed by atoms with Gasteiger partial charge < -0.3 is 4.43 Å². The lowest BCUT2D eigenvalue weighted by Gasteiger charge is -2.32. The molecule has 1 heterocycles. The molecule has 0 amide bonds. The van der Waals surface area contributed by atoms with Gasteiger partial charge in [0, 0.05) is 6.42 Å². The van der Waals surface area contributed by atoms with Gasteiger partial charge in [0.05, 0.1) is 11.7 Å². The Balaban J connectivity index is 2.30. The zero-order valence-electron chi connectivity index (χ0n) is 12.6. The Morgan fingerprint density at radius 1 is 1.33 bits per heavy atom. The summed E-state index contributed by atoms with van der Waals surface area (Å²) in [6.07, 6.45) is 1.23. The van der Waals surface area contributed by atoms with Crippen LogP contribution in [0.25, 0.3) is 11.0 Å². The van der Waals surface area contributed by atoms with Crippen molar-refractivity contribution in [1.82, 2.24) is 8.75 Å². The first-order chi connectivity index (χ1) is 9.81. The molecule has 0 aliphatic rings. The zero-order valence-corrected chi connectivity index (χ0v) is 14.5. The number of hydrogen-bond acceptors (Lipinski definition) is 5. The van der Waals surface area contributed by atoms with E-state index in [2.05, 4.69) is 40.2 Å². The first-order valence-corrected chi connectivity index (χ1v) is 10.8. The number of aldehydes is 1. The Hall–Kier alpha value is -1.55. The van der Waals surface area contributed by atoms with Crippen LogP contribution in [0.1, 0.15) is 12.5 Å².